The van der Waals surface area contributed by atoms with Crippen molar-refractivity contribution in [1.82, 2.24) is 14.9 Å². The standard InChI is InChI=1S/C25H25F3N4O2S/c1-31-8-10-32(11-9-31)20-7-4-15(12-21(20)34-3)24-30-19(14-35-24)22-17-13-16(33-2)5-6-18(17)29-23(22)25(26,27)28/h4-7,12-14,29H,8-11H2,1-3H3. The largest absolute Gasteiger partial charge is 0.497 e. The lowest BCUT2D eigenvalue weighted by Gasteiger charge is -2.34. The van der Waals surface area contributed by atoms with E-state index in [0.717, 1.165) is 43.2 Å². The van der Waals surface area contributed by atoms with Gasteiger partial charge >= 0.3 is 6.18 Å². The normalized spacial score (nSPS) is 15.1. The summed E-state index contributed by atoms with van der Waals surface area (Å²) in [6.45, 7) is 3.74. The second kappa shape index (κ2) is 9.09. The predicted octanol–water partition coefficient (Wildman–Crippen LogP) is 5.75. The van der Waals surface area contributed by atoms with Gasteiger partial charge in [0.25, 0.3) is 0 Å². The molecule has 1 saturated heterocycles. The molecule has 6 nitrogen and oxygen atoms in total. The van der Waals surface area contributed by atoms with Crippen molar-refractivity contribution < 1.29 is 22.6 Å². The molecule has 1 N–H and O–H groups in total. The van der Waals surface area contributed by atoms with E-state index >= 15 is 0 Å². The van der Waals surface area contributed by atoms with Gasteiger partial charge in [0.05, 0.1) is 25.6 Å². The highest BCUT2D eigenvalue weighted by molar-refractivity contribution is 7.13. The van der Waals surface area contributed by atoms with Crippen LogP contribution in [0.1, 0.15) is 5.69 Å². The number of piperazine rings is 1. The molecule has 0 radical (unpaired) electrons. The lowest BCUT2D eigenvalue weighted by molar-refractivity contribution is -0.140. The summed E-state index contributed by atoms with van der Waals surface area (Å²) < 4.78 is 52.7. The summed E-state index contributed by atoms with van der Waals surface area (Å²) in [6.07, 6.45) is -4.56. The Balaban J connectivity index is 1.54. The number of nitrogens with zero attached hydrogens (tertiary/aromatic N) is 3. The van der Waals surface area contributed by atoms with Gasteiger partial charge in [0, 0.05) is 53.6 Å². The van der Waals surface area contributed by atoms with E-state index in [1.54, 1.807) is 30.7 Å². The highest BCUT2D eigenvalue weighted by Gasteiger charge is 2.37. The SMILES string of the molecule is COc1ccc2[nH]c(C(F)(F)F)c(-c3csc(-c4ccc(N5CCN(C)CC5)c(OC)c4)n3)c2c1. The second-order valence-corrected chi connectivity index (χ2v) is 9.36. The van der Waals surface area contributed by atoms with Gasteiger partial charge in [-0.25, -0.2) is 4.98 Å². The molecule has 184 valence electrons. The van der Waals surface area contributed by atoms with Crippen LogP contribution in [0.25, 0.3) is 32.7 Å². The van der Waals surface area contributed by atoms with Crippen LogP contribution < -0.4 is 14.4 Å². The lowest BCUT2D eigenvalue weighted by atomic mass is 10.1. The zero-order valence-electron chi connectivity index (χ0n) is 19.6. The maximum Gasteiger partial charge on any atom is 0.431 e. The third-order valence-corrected chi connectivity index (χ3v) is 7.21. The molecule has 4 aromatic rings. The topological polar surface area (TPSA) is 53.6 Å². The fraction of sp³-hybridized carbons (Fsp3) is 0.320. The van der Waals surface area contributed by atoms with E-state index in [0.29, 0.717) is 21.7 Å². The zero-order chi connectivity index (χ0) is 24.7. The first-order chi connectivity index (χ1) is 16.8. The molecule has 1 fully saturated rings. The molecule has 0 atom stereocenters. The number of hydrogen-bond acceptors (Lipinski definition) is 6. The summed E-state index contributed by atoms with van der Waals surface area (Å²) >= 11 is 1.30. The summed E-state index contributed by atoms with van der Waals surface area (Å²) in [5.74, 6) is 1.20. The minimum Gasteiger partial charge on any atom is -0.497 e. The molecule has 0 aliphatic carbocycles. The fourth-order valence-corrected chi connectivity index (χ4v) is 5.22. The smallest absolute Gasteiger partial charge is 0.431 e. The summed E-state index contributed by atoms with van der Waals surface area (Å²) in [4.78, 5) is 11.7. The molecule has 0 unspecified atom stereocenters. The van der Waals surface area contributed by atoms with Crippen molar-refractivity contribution in [1.29, 1.82) is 0 Å². The van der Waals surface area contributed by atoms with Crippen LogP contribution in [0.2, 0.25) is 0 Å². The molecular weight excluding hydrogens is 477 g/mol. The van der Waals surface area contributed by atoms with Gasteiger partial charge in [0.15, 0.2) is 0 Å². The van der Waals surface area contributed by atoms with Crippen molar-refractivity contribution in [3.05, 3.63) is 47.5 Å². The van der Waals surface area contributed by atoms with Crippen LogP contribution in [-0.2, 0) is 6.18 Å². The van der Waals surface area contributed by atoms with Gasteiger partial charge in [0.1, 0.15) is 22.2 Å². The highest BCUT2D eigenvalue weighted by atomic mass is 32.1. The maximum atomic E-state index is 13.9. The Hall–Kier alpha value is -3.24. The first-order valence-corrected chi connectivity index (χ1v) is 12.0. The number of rotatable bonds is 5. The Kier molecular flexibility index (Phi) is 6.10. The number of halogens is 3. The first kappa shape index (κ1) is 23.5. The number of aromatic nitrogens is 2. The van der Waals surface area contributed by atoms with Gasteiger partial charge < -0.3 is 24.3 Å². The van der Waals surface area contributed by atoms with Crippen molar-refractivity contribution in [3.63, 3.8) is 0 Å². The predicted molar refractivity (Wildman–Crippen MR) is 133 cm³/mol. The van der Waals surface area contributed by atoms with Crippen molar-refractivity contribution in [3.8, 4) is 33.3 Å². The molecule has 3 heterocycles. The summed E-state index contributed by atoms with van der Waals surface area (Å²) in [5, 5.41) is 2.69. The van der Waals surface area contributed by atoms with Crippen LogP contribution >= 0.6 is 11.3 Å². The Morgan fingerprint density at radius 1 is 1.00 bits per heavy atom. The maximum absolute atomic E-state index is 13.9. The van der Waals surface area contributed by atoms with Crippen LogP contribution in [0, 0.1) is 0 Å². The number of benzene rings is 2. The fourth-order valence-electron chi connectivity index (χ4n) is 4.42. The number of likely N-dealkylation sites (N-methyl/N-ethyl adjacent to an activating group) is 1. The van der Waals surface area contributed by atoms with E-state index in [2.05, 4.69) is 26.8 Å². The van der Waals surface area contributed by atoms with Crippen molar-refractivity contribution >= 4 is 27.9 Å². The molecule has 0 bridgehead atoms. The summed E-state index contributed by atoms with van der Waals surface area (Å²) in [7, 11) is 5.21. The molecule has 1 aliphatic rings. The monoisotopic (exact) mass is 502 g/mol. The van der Waals surface area contributed by atoms with E-state index in [-0.39, 0.29) is 11.3 Å². The molecule has 1 aliphatic heterocycles. The molecule has 10 heteroatoms. The van der Waals surface area contributed by atoms with Gasteiger partial charge in [-0.3, -0.25) is 0 Å². The van der Waals surface area contributed by atoms with Gasteiger partial charge in [-0.05, 0) is 43.4 Å². The average Bonchev–Trinajstić information content (AvgIpc) is 3.48. The molecule has 35 heavy (non-hydrogen) atoms. The van der Waals surface area contributed by atoms with E-state index in [1.165, 1.54) is 18.4 Å². The van der Waals surface area contributed by atoms with E-state index in [9.17, 15) is 13.2 Å². The van der Waals surface area contributed by atoms with Gasteiger partial charge in [-0.1, -0.05) is 0 Å². The quantitative estimate of drug-likeness (QED) is 0.377. The third-order valence-electron chi connectivity index (χ3n) is 6.32. The molecular formula is C25H25F3N4O2S. The van der Waals surface area contributed by atoms with Crippen molar-refractivity contribution in [2.75, 3.05) is 52.3 Å². The summed E-state index contributed by atoms with van der Waals surface area (Å²) in [5.41, 5.74) is 1.64. The molecule has 5 rings (SSSR count). The zero-order valence-corrected chi connectivity index (χ0v) is 20.4. The van der Waals surface area contributed by atoms with Crippen molar-refractivity contribution in [2.24, 2.45) is 0 Å². The number of alkyl halides is 3. The van der Waals surface area contributed by atoms with E-state index in [4.69, 9.17) is 9.47 Å². The van der Waals surface area contributed by atoms with Crippen molar-refractivity contribution in [2.45, 2.75) is 6.18 Å². The van der Waals surface area contributed by atoms with Gasteiger partial charge in [-0.15, -0.1) is 11.3 Å². The van der Waals surface area contributed by atoms with E-state index in [1.807, 2.05) is 18.2 Å². The number of methoxy groups -OCH3 is 2. The number of anilines is 1. The van der Waals surface area contributed by atoms with Crippen LogP contribution in [-0.4, -0.2) is 62.3 Å². The van der Waals surface area contributed by atoms with Crippen LogP contribution in [0.15, 0.2) is 41.8 Å². The molecule has 2 aromatic heterocycles. The Morgan fingerprint density at radius 3 is 2.46 bits per heavy atom. The van der Waals surface area contributed by atoms with E-state index < -0.39 is 11.9 Å². The number of fused-ring (bicyclic) bond motifs is 1. The number of thiazole rings is 1. The number of nitrogens with one attached hydrogen (secondary N) is 1. The Morgan fingerprint density at radius 2 is 1.77 bits per heavy atom. The highest BCUT2D eigenvalue weighted by Crippen LogP contribution is 2.44. The lowest BCUT2D eigenvalue weighted by Crippen LogP contribution is -2.44. The van der Waals surface area contributed by atoms with Gasteiger partial charge in [-0.2, -0.15) is 13.2 Å². The van der Waals surface area contributed by atoms with Crippen LogP contribution in [0.4, 0.5) is 18.9 Å². The number of aromatic amines is 1. The molecule has 0 saturated carbocycles. The Bertz CT molecular complexity index is 1360. The number of hydrogen-bond donors (Lipinski definition) is 1. The van der Waals surface area contributed by atoms with Crippen LogP contribution in [0.3, 0.4) is 0 Å². The first-order valence-electron chi connectivity index (χ1n) is 11.1. The molecule has 0 amide bonds. The number of ether oxygens (including phenoxy) is 2. The molecule has 2 aromatic carbocycles. The van der Waals surface area contributed by atoms with Crippen LogP contribution in [0.5, 0.6) is 11.5 Å². The number of H-pyrrole nitrogens is 1. The molecule has 0 spiro atoms. The third kappa shape index (κ3) is 4.43. The van der Waals surface area contributed by atoms with Gasteiger partial charge in [0.2, 0.25) is 0 Å². The second-order valence-electron chi connectivity index (χ2n) is 8.50. The average molecular weight is 503 g/mol. The summed E-state index contributed by atoms with van der Waals surface area (Å²) in [6, 6.07) is 10.7. The Labute approximate surface area is 204 Å². The minimum absolute atomic E-state index is 0.0231. The minimum atomic E-state index is -4.56.